The molecule has 0 spiro atoms. The molecule has 0 radical (unpaired) electrons. The molecule has 0 N–H and O–H groups in total. The second kappa shape index (κ2) is 5.64. The quantitative estimate of drug-likeness (QED) is 0.742. The predicted octanol–water partition coefficient (Wildman–Crippen LogP) is 1.77. The van der Waals surface area contributed by atoms with E-state index in [0.29, 0.717) is 12.8 Å². The summed E-state index contributed by atoms with van der Waals surface area (Å²) in [7, 11) is 0. The molecule has 3 heterocycles. The van der Waals surface area contributed by atoms with Gasteiger partial charge in [0, 0.05) is 19.3 Å². The zero-order chi connectivity index (χ0) is 15.0. The van der Waals surface area contributed by atoms with Crippen molar-refractivity contribution >= 4 is 11.9 Å². The molecule has 3 aliphatic rings. The van der Waals surface area contributed by atoms with Crippen LogP contribution in [-0.4, -0.2) is 36.4 Å². The number of carbonyl (C=O) groups is 2. The summed E-state index contributed by atoms with van der Waals surface area (Å²) in [6.45, 7) is 3.48. The summed E-state index contributed by atoms with van der Waals surface area (Å²) in [5, 5.41) is 0. The van der Waals surface area contributed by atoms with Crippen LogP contribution in [0.3, 0.4) is 0 Å². The largest absolute Gasteiger partial charge is 0.458 e. The van der Waals surface area contributed by atoms with Gasteiger partial charge in [0.1, 0.15) is 12.2 Å². The normalized spacial score (nSPS) is 39.0. The molecular weight excluding hydrogens is 272 g/mol. The van der Waals surface area contributed by atoms with Gasteiger partial charge in [0.2, 0.25) is 0 Å². The topological polar surface area (TPSA) is 61.8 Å². The minimum Gasteiger partial charge on any atom is -0.458 e. The number of cyclic esters (lactones) is 1. The van der Waals surface area contributed by atoms with Gasteiger partial charge in [-0.3, -0.25) is 9.59 Å². The highest BCUT2D eigenvalue weighted by molar-refractivity contribution is 5.72. The number of allylic oxidation sites excluding steroid dienone is 2. The molecule has 2 fully saturated rings. The zero-order valence-electron chi connectivity index (χ0n) is 12.2. The second-order valence-electron chi connectivity index (χ2n) is 5.91. The van der Waals surface area contributed by atoms with Crippen molar-refractivity contribution in [3.8, 4) is 0 Å². The number of rotatable bonds is 3. The maximum Gasteiger partial charge on any atom is 0.306 e. The van der Waals surface area contributed by atoms with Crippen LogP contribution < -0.4 is 0 Å². The summed E-state index contributed by atoms with van der Waals surface area (Å²) in [6, 6.07) is 0. The van der Waals surface area contributed by atoms with Gasteiger partial charge in [0.05, 0.1) is 12.2 Å². The summed E-state index contributed by atoms with van der Waals surface area (Å²) in [6.07, 6.45) is 7.98. The lowest BCUT2D eigenvalue weighted by molar-refractivity contribution is -0.166. The monoisotopic (exact) mass is 292 g/mol. The molecular formula is C16H20O5. The third-order valence-corrected chi connectivity index (χ3v) is 4.50. The number of fused-ring (bicyclic) bond motifs is 2. The fourth-order valence-electron chi connectivity index (χ4n) is 3.51. The Morgan fingerprint density at radius 1 is 1.33 bits per heavy atom. The molecule has 2 bridgehead atoms. The van der Waals surface area contributed by atoms with Crippen molar-refractivity contribution in [2.45, 2.75) is 51.1 Å². The van der Waals surface area contributed by atoms with Crippen LogP contribution >= 0.6 is 0 Å². The van der Waals surface area contributed by atoms with Gasteiger partial charge in [0.15, 0.2) is 0 Å². The molecule has 2 unspecified atom stereocenters. The van der Waals surface area contributed by atoms with E-state index in [9.17, 15) is 9.59 Å². The van der Waals surface area contributed by atoms with Crippen molar-refractivity contribution < 1.29 is 23.8 Å². The Morgan fingerprint density at radius 3 is 2.67 bits per heavy atom. The van der Waals surface area contributed by atoms with E-state index < -0.39 is 6.10 Å². The SMILES string of the molecule is CC(=O)OC(C1CCC(=O)O1)[C@@H]1[C@H](C)[C@H]2C=CC=C[C@@H]1O2. The average molecular weight is 292 g/mol. The van der Waals surface area contributed by atoms with Gasteiger partial charge < -0.3 is 14.2 Å². The van der Waals surface area contributed by atoms with Crippen LogP contribution in [0.15, 0.2) is 24.3 Å². The lowest BCUT2D eigenvalue weighted by Gasteiger charge is -2.32. The lowest BCUT2D eigenvalue weighted by Crippen LogP contribution is -2.43. The van der Waals surface area contributed by atoms with Crippen LogP contribution in [0, 0.1) is 11.8 Å². The minimum absolute atomic E-state index is 0.00370. The number of esters is 2. The standard InChI is InChI=1S/C16H20O5/c1-9-11-5-3-4-6-12(20-11)15(9)16(19-10(2)17)13-7-8-14(18)21-13/h3-6,9,11-13,15-16H,7-8H2,1-2H3/t9-,11-,12+,13?,15-,16?/m1/s1. The maximum atomic E-state index is 11.5. The highest BCUT2D eigenvalue weighted by atomic mass is 16.6. The summed E-state index contributed by atoms with van der Waals surface area (Å²) in [4.78, 5) is 22.9. The van der Waals surface area contributed by atoms with E-state index in [1.54, 1.807) is 0 Å². The molecule has 5 heteroatoms. The first-order valence-electron chi connectivity index (χ1n) is 7.43. The molecule has 2 saturated heterocycles. The molecule has 0 amide bonds. The van der Waals surface area contributed by atoms with Crippen LogP contribution in [0.4, 0.5) is 0 Å². The molecule has 0 aromatic heterocycles. The summed E-state index contributed by atoms with van der Waals surface area (Å²) in [5.41, 5.74) is 0. The molecule has 5 nitrogen and oxygen atoms in total. The predicted molar refractivity (Wildman–Crippen MR) is 74.3 cm³/mol. The lowest BCUT2D eigenvalue weighted by atomic mass is 9.80. The van der Waals surface area contributed by atoms with Gasteiger partial charge in [0.25, 0.3) is 0 Å². The first kappa shape index (κ1) is 14.3. The van der Waals surface area contributed by atoms with Crippen LogP contribution in [0.1, 0.15) is 26.7 Å². The van der Waals surface area contributed by atoms with Gasteiger partial charge >= 0.3 is 11.9 Å². The zero-order valence-corrected chi connectivity index (χ0v) is 12.2. The first-order chi connectivity index (χ1) is 10.1. The van der Waals surface area contributed by atoms with E-state index >= 15 is 0 Å². The van der Waals surface area contributed by atoms with E-state index in [2.05, 4.69) is 6.92 Å². The molecule has 6 atom stereocenters. The maximum absolute atomic E-state index is 11.5. The Bertz CT molecular complexity index is 495. The van der Waals surface area contributed by atoms with Gasteiger partial charge in [-0.2, -0.15) is 0 Å². The molecule has 3 rings (SSSR count). The van der Waals surface area contributed by atoms with Crippen molar-refractivity contribution in [2.24, 2.45) is 11.8 Å². The summed E-state index contributed by atoms with van der Waals surface area (Å²) in [5.74, 6) is -0.385. The molecule has 0 aliphatic carbocycles. The molecule has 0 aromatic rings. The molecule has 21 heavy (non-hydrogen) atoms. The van der Waals surface area contributed by atoms with Gasteiger partial charge in [-0.25, -0.2) is 0 Å². The van der Waals surface area contributed by atoms with E-state index in [4.69, 9.17) is 14.2 Å². The minimum atomic E-state index is -0.449. The Kier molecular flexibility index (Phi) is 3.85. The summed E-state index contributed by atoms with van der Waals surface area (Å²) < 4.78 is 16.9. The number of hydrogen-bond acceptors (Lipinski definition) is 5. The molecule has 0 aromatic carbocycles. The fraction of sp³-hybridized carbons (Fsp3) is 0.625. The third-order valence-electron chi connectivity index (χ3n) is 4.50. The highest BCUT2D eigenvalue weighted by Gasteiger charge is 2.50. The van der Waals surface area contributed by atoms with Crippen molar-refractivity contribution in [1.82, 2.24) is 0 Å². The van der Waals surface area contributed by atoms with Crippen LogP contribution in [0.5, 0.6) is 0 Å². The molecule has 0 saturated carbocycles. The van der Waals surface area contributed by atoms with E-state index in [1.165, 1.54) is 6.92 Å². The van der Waals surface area contributed by atoms with Gasteiger partial charge in [-0.05, 0) is 12.3 Å². The van der Waals surface area contributed by atoms with Gasteiger partial charge in [-0.15, -0.1) is 0 Å². The Labute approximate surface area is 123 Å². The van der Waals surface area contributed by atoms with E-state index in [-0.39, 0.29) is 42.1 Å². The van der Waals surface area contributed by atoms with Crippen molar-refractivity contribution in [1.29, 1.82) is 0 Å². The third kappa shape index (κ3) is 2.75. The van der Waals surface area contributed by atoms with Crippen molar-refractivity contribution in [2.75, 3.05) is 0 Å². The van der Waals surface area contributed by atoms with Gasteiger partial charge in [-0.1, -0.05) is 31.2 Å². The van der Waals surface area contributed by atoms with E-state index in [0.717, 1.165) is 0 Å². The van der Waals surface area contributed by atoms with Crippen molar-refractivity contribution in [3.05, 3.63) is 24.3 Å². The smallest absolute Gasteiger partial charge is 0.306 e. The van der Waals surface area contributed by atoms with Crippen molar-refractivity contribution in [3.63, 3.8) is 0 Å². The molecule has 114 valence electrons. The number of hydrogen-bond donors (Lipinski definition) is 0. The fourth-order valence-corrected chi connectivity index (χ4v) is 3.51. The first-order valence-corrected chi connectivity index (χ1v) is 7.43. The highest BCUT2D eigenvalue weighted by Crippen LogP contribution is 2.41. The van der Waals surface area contributed by atoms with Crippen LogP contribution in [0.25, 0.3) is 0 Å². The van der Waals surface area contributed by atoms with E-state index in [1.807, 2.05) is 24.3 Å². The Hall–Kier alpha value is -1.62. The Balaban J connectivity index is 1.85. The average Bonchev–Trinajstić information content (AvgIpc) is 2.86. The number of ether oxygens (including phenoxy) is 3. The number of carbonyl (C=O) groups excluding carboxylic acids is 2. The Morgan fingerprint density at radius 2 is 2.05 bits per heavy atom. The van der Waals surface area contributed by atoms with Crippen LogP contribution in [0.2, 0.25) is 0 Å². The van der Waals surface area contributed by atoms with Crippen LogP contribution in [-0.2, 0) is 23.8 Å². The second-order valence-corrected chi connectivity index (χ2v) is 5.91. The summed E-state index contributed by atoms with van der Waals surface area (Å²) >= 11 is 0. The molecule has 3 aliphatic heterocycles.